The van der Waals surface area contributed by atoms with Crippen molar-refractivity contribution in [2.45, 2.75) is 25.1 Å². The Balaban J connectivity index is 1.63. The van der Waals surface area contributed by atoms with Gasteiger partial charge in [-0.05, 0) is 41.0 Å². The number of phenolic OH excluding ortho intramolecular Hbond substituents is 1. The number of hydrogen-bond donors (Lipinski definition) is 5. The Morgan fingerprint density at radius 3 is 2.27 bits per heavy atom. The Kier molecular flexibility index (Phi) is 10.1. The zero-order valence-electron chi connectivity index (χ0n) is 19.8. The predicted octanol–water partition coefficient (Wildman–Crippen LogP) is 1.25. The normalized spacial score (nSPS) is 12.4. The summed E-state index contributed by atoms with van der Waals surface area (Å²) in [7, 11) is 0. The summed E-state index contributed by atoms with van der Waals surface area (Å²) in [6.45, 7) is -0.742. The number of benzene rings is 2. The molecule has 5 N–H and O–H groups in total. The van der Waals surface area contributed by atoms with Gasteiger partial charge in [0.2, 0.25) is 5.91 Å². The van der Waals surface area contributed by atoms with Crippen LogP contribution in [0.4, 0.5) is 4.79 Å². The summed E-state index contributed by atoms with van der Waals surface area (Å²) < 4.78 is 5.10. The third kappa shape index (κ3) is 9.07. The topological polar surface area (TPSA) is 162 Å². The van der Waals surface area contributed by atoms with Crippen LogP contribution < -0.4 is 16.1 Å². The highest BCUT2D eigenvalue weighted by atomic mass is 16.5. The van der Waals surface area contributed by atoms with Crippen LogP contribution in [0, 0.1) is 0 Å². The number of hydrogen-bond acceptors (Lipinski definition) is 8. The van der Waals surface area contributed by atoms with Gasteiger partial charge in [-0.3, -0.25) is 14.6 Å². The number of aromatic nitrogens is 1. The lowest BCUT2D eigenvalue weighted by Crippen LogP contribution is -2.55. The van der Waals surface area contributed by atoms with Gasteiger partial charge in [0.1, 0.15) is 24.4 Å². The fraction of sp³-hybridized carbons (Fsp3) is 0.192. The molecule has 0 aliphatic carbocycles. The molecule has 1 aromatic heterocycles. The molecule has 0 fully saturated rings. The summed E-state index contributed by atoms with van der Waals surface area (Å²) in [5, 5.41) is 27.9. The molecule has 2 aromatic carbocycles. The molecule has 0 radical (unpaired) electrons. The number of carbonyl (C=O) groups is 3. The molecule has 2 atom stereocenters. The quantitative estimate of drug-likeness (QED) is 0.193. The molecule has 0 unspecified atom stereocenters. The molecule has 11 heteroatoms. The van der Waals surface area contributed by atoms with Crippen LogP contribution in [-0.4, -0.2) is 58.0 Å². The van der Waals surface area contributed by atoms with Crippen molar-refractivity contribution in [2.24, 2.45) is 5.10 Å². The largest absolute Gasteiger partial charge is 0.508 e. The molecule has 11 nitrogen and oxygen atoms in total. The third-order valence-corrected chi connectivity index (χ3v) is 5.11. The first kappa shape index (κ1) is 26.8. The van der Waals surface area contributed by atoms with E-state index in [1.807, 2.05) is 6.07 Å². The van der Waals surface area contributed by atoms with Crippen molar-refractivity contribution in [1.29, 1.82) is 0 Å². The number of amides is 3. The van der Waals surface area contributed by atoms with E-state index in [1.165, 1.54) is 18.3 Å². The molecule has 3 amide bonds. The fourth-order valence-electron chi connectivity index (χ4n) is 3.15. The number of phenols is 1. The van der Waals surface area contributed by atoms with Crippen LogP contribution in [0.25, 0.3) is 0 Å². The van der Waals surface area contributed by atoms with E-state index >= 15 is 0 Å². The Morgan fingerprint density at radius 2 is 1.59 bits per heavy atom. The standard InChI is InChI=1S/C26H27N5O6/c32-16-23(30-26(36)37-17-20-4-2-1-3-5-20)24(34)29-22(14-18-6-8-21(33)9-7-18)25(35)31-28-15-19-10-12-27-13-11-19/h1-13,15,22-23,32-33H,14,16-17H2,(H,29,34)(H,30,36)(H,31,35)/b28-15-/t22-,23-/m0/s1. The van der Waals surface area contributed by atoms with Crippen molar-refractivity contribution in [1.82, 2.24) is 21.0 Å². The molecule has 0 saturated carbocycles. The van der Waals surface area contributed by atoms with Crippen molar-refractivity contribution in [3.63, 3.8) is 0 Å². The van der Waals surface area contributed by atoms with Gasteiger partial charge in [0.15, 0.2) is 0 Å². The van der Waals surface area contributed by atoms with Crippen molar-refractivity contribution >= 4 is 24.1 Å². The summed E-state index contributed by atoms with van der Waals surface area (Å²) >= 11 is 0. The lowest BCUT2D eigenvalue weighted by Gasteiger charge is -2.21. The van der Waals surface area contributed by atoms with E-state index in [0.717, 1.165) is 5.56 Å². The number of pyridine rings is 1. The molecular weight excluding hydrogens is 478 g/mol. The second-order valence-corrected chi connectivity index (χ2v) is 7.89. The van der Waals surface area contributed by atoms with E-state index in [2.05, 4.69) is 26.1 Å². The molecule has 0 aliphatic rings. The minimum atomic E-state index is -1.36. The smallest absolute Gasteiger partial charge is 0.408 e. The Bertz CT molecular complexity index is 1190. The fourth-order valence-corrected chi connectivity index (χ4v) is 3.15. The number of aromatic hydroxyl groups is 1. The van der Waals surface area contributed by atoms with Gasteiger partial charge in [-0.25, -0.2) is 10.2 Å². The Hall–Kier alpha value is -4.77. The van der Waals surface area contributed by atoms with Crippen molar-refractivity contribution in [2.75, 3.05) is 6.61 Å². The number of aliphatic hydroxyl groups excluding tert-OH is 1. The maximum absolute atomic E-state index is 12.9. The van der Waals surface area contributed by atoms with Crippen LogP contribution in [-0.2, 0) is 27.4 Å². The van der Waals surface area contributed by atoms with Crippen molar-refractivity contribution in [3.05, 3.63) is 95.8 Å². The van der Waals surface area contributed by atoms with Crippen LogP contribution in [0.15, 0.2) is 84.2 Å². The first-order valence-corrected chi connectivity index (χ1v) is 11.3. The summed E-state index contributed by atoms with van der Waals surface area (Å²) in [4.78, 5) is 41.7. The van der Waals surface area contributed by atoms with Crippen LogP contribution in [0.5, 0.6) is 5.75 Å². The number of alkyl carbamates (subject to hydrolysis) is 1. The second kappa shape index (κ2) is 14.0. The molecule has 0 aliphatic heterocycles. The number of hydrazone groups is 1. The lowest BCUT2D eigenvalue weighted by molar-refractivity contribution is -0.130. The van der Waals surface area contributed by atoms with Crippen LogP contribution in [0.2, 0.25) is 0 Å². The maximum atomic E-state index is 12.9. The van der Waals surface area contributed by atoms with Crippen molar-refractivity contribution < 1.29 is 29.3 Å². The first-order valence-electron chi connectivity index (χ1n) is 11.3. The highest BCUT2D eigenvalue weighted by Gasteiger charge is 2.27. The average molecular weight is 506 g/mol. The number of ether oxygens (including phenoxy) is 1. The molecule has 0 spiro atoms. The Morgan fingerprint density at radius 1 is 0.892 bits per heavy atom. The minimum Gasteiger partial charge on any atom is -0.508 e. The van der Waals surface area contributed by atoms with Gasteiger partial charge in [0, 0.05) is 18.8 Å². The summed E-state index contributed by atoms with van der Waals surface area (Å²) in [6.07, 6.45) is 3.71. The van der Waals surface area contributed by atoms with Crippen molar-refractivity contribution in [3.8, 4) is 5.75 Å². The van der Waals surface area contributed by atoms with Crippen LogP contribution >= 0.6 is 0 Å². The van der Waals surface area contributed by atoms with Gasteiger partial charge < -0.3 is 25.6 Å². The summed E-state index contributed by atoms with van der Waals surface area (Å²) in [5.41, 5.74) is 4.47. The van der Waals surface area contributed by atoms with E-state index in [1.54, 1.807) is 60.9 Å². The second-order valence-electron chi connectivity index (χ2n) is 7.89. The molecule has 3 rings (SSSR count). The highest BCUT2D eigenvalue weighted by molar-refractivity contribution is 5.92. The van der Waals surface area contributed by atoms with Crippen LogP contribution in [0.3, 0.4) is 0 Å². The highest BCUT2D eigenvalue weighted by Crippen LogP contribution is 2.12. The van der Waals surface area contributed by atoms with Gasteiger partial charge >= 0.3 is 6.09 Å². The Labute approximate surface area is 213 Å². The van der Waals surface area contributed by atoms with Gasteiger partial charge in [-0.2, -0.15) is 5.10 Å². The van der Waals surface area contributed by atoms with E-state index < -0.39 is 36.6 Å². The molecular formula is C26H27N5O6. The van der Waals surface area contributed by atoms with E-state index in [9.17, 15) is 24.6 Å². The maximum Gasteiger partial charge on any atom is 0.408 e. The minimum absolute atomic E-state index is 0.0200. The molecule has 0 saturated heterocycles. The van der Waals surface area contributed by atoms with E-state index in [0.29, 0.717) is 11.1 Å². The molecule has 1 heterocycles. The molecule has 37 heavy (non-hydrogen) atoms. The van der Waals surface area contributed by atoms with E-state index in [4.69, 9.17) is 4.74 Å². The van der Waals surface area contributed by atoms with Gasteiger partial charge in [-0.1, -0.05) is 42.5 Å². The van der Waals surface area contributed by atoms with Crippen LogP contribution in [0.1, 0.15) is 16.7 Å². The SMILES string of the molecule is O=C(N[C@@H](CO)C(=O)N[C@@H](Cc1ccc(O)cc1)C(=O)N/N=C\c1ccncc1)OCc1ccccc1. The zero-order chi connectivity index (χ0) is 26.5. The number of carbonyl (C=O) groups excluding carboxylic acids is 3. The zero-order valence-corrected chi connectivity index (χ0v) is 19.8. The summed E-state index contributed by atoms with van der Waals surface area (Å²) in [6, 6.07) is 16.0. The number of rotatable bonds is 11. The first-order chi connectivity index (χ1) is 17.9. The molecule has 0 bridgehead atoms. The summed E-state index contributed by atoms with van der Waals surface area (Å²) in [5.74, 6) is -1.37. The van der Waals surface area contributed by atoms with Gasteiger partial charge in [0.05, 0.1) is 12.8 Å². The number of aliphatic hydroxyl groups is 1. The predicted molar refractivity (Wildman–Crippen MR) is 134 cm³/mol. The lowest BCUT2D eigenvalue weighted by atomic mass is 10.0. The number of nitrogens with one attached hydrogen (secondary N) is 3. The molecule has 192 valence electrons. The third-order valence-electron chi connectivity index (χ3n) is 5.11. The number of nitrogens with zero attached hydrogens (tertiary/aromatic N) is 2. The van der Waals surface area contributed by atoms with E-state index in [-0.39, 0.29) is 18.8 Å². The van der Waals surface area contributed by atoms with Gasteiger partial charge in [0.25, 0.3) is 5.91 Å². The average Bonchev–Trinajstić information content (AvgIpc) is 2.92. The van der Waals surface area contributed by atoms with Gasteiger partial charge in [-0.15, -0.1) is 0 Å². The molecule has 3 aromatic rings. The monoisotopic (exact) mass is 505 g/mol.